The number of amidine groups is 1. The summed E-state index contributed by atoms with van der Waals surface area (Å²) in [6.45, 7) is 8.36. The highest BCUT2D eigenvalue weighted by Gasteiger charge is 2.31. The van der Waals surface area contributed by atoms with E-state index < -0.39 is 0 Å². The van der Waals surface area contributed by atoms with E-state index in [9.17, 15) is 4.79 Å². The van der Waals surface area contributed by atoms with Crippen molar-refractivity contribution in [1.29, 1.82) is 0 Å². The van der Waals surface area contributed by atoms with Gasteiger partial charge in [-0.15, -0.1) is 0 Å². The van der Waals surface area contributed by atoms with Gasteiger partial charge in [0, 0.05) is 13.1 Å². The lowest BCUT2D eigenvalue weighted by atomic mass is 10.2. The zero-order valence-corrected chi connectivity index (χ0v) is 17.8. The van der Waals surface area contributed by atoms with Crippen LogP contribution in [0, 0.1) is 0 Å². The van der Waals surface area contributed by atoms with Crippen molar-refractivity contribution in [3.63, 3.8) is 0 Å². The fraction of sp³-hybridized carbons (Fsp3) is 0.524. The zero-order valence-electron chi connectivity index (χ0n) is 16.9. The molecule has 0 saturated carbocycles. The molecule has 7 heteroatoms. The van der Waals surface area contributed by atoms with E-state index in [4.69, 9.17) is 14.2 Å². The number of methoxy groups -OCH3 is 1. The van der Waals surface area contributed by atoms with Crippen LogP contribution in [0.2, 0.25) is 0 Å². The third kappa shape index (κ3) is 5.08. The summed E-state index contributed by atoms with van der Waals surface area (Å²) in [6, 6.07) is 5.71. The van der Waals surface area contributed by atoms with Gasteiger partial charge in [0.05, 0.1) is 30.8 Å². The first kappa shape index (κ1) is 20.7. The van der Waals surface area contributed by atoms with Crippen molar-refractivity contribution >= 4 is 28.9 Å². The van der Waals surface area contributed by atoms with Gasteiger partial charge >= 0.3 is 0 Å². The molecule has 2 heterocycles. The molecule has 1 fully saturated rings. The first-order valence-electron chi connectivity index (χ1n) is 9.74. The molecule has 0 N–H and O–H groups in total. The number of hydrogen-bond acceptors (Lipinski definition) is 6. The van der Waals surface area contributed by atoms with Crippen LogP contribution < -0.4 is 9.47 Å². The van der Waals surface area contributed by atoms with E-state index in [-0.39, 0.29) is 18.1 Å². The summed E-state index contributed by atoms with van der Waals surface area (Å²) in [5.41, 5.74) is 0.885. The van der Waals surface area contributed by atoms with Crippen molar-refractivity contribution in [2.45, 2.75) is 45.8 Å². The van der Waals surface area contributed by atoms with Gasteiger partial charge in [-0.05, 0) is 55.8 Å². The molecule has 0 aromatic heterocycles. The molecule has 0 bridgehead atoms. The van der Waals surface area contributed by atoms with Crippen LogP contribution in [0.15, 0.2) is 28.1 Å². The van der Waals surface area contributed by atoms with Crippen molar-refractivity contribution in [1.82, 2.24) is 4.90 Å². The summed E-state index contributed by atoms with van der Waals surface area (Å²) in [4.78, 5) is 19.4. The summed E-state index contributed by atoms with van der Waals surface area (Å²) in [5, 5.41) is 0.754. The molecule has 0 unspecified atom stereocenters. The van der Waals surface area contributed by atoms with Crippen LogP contribution >= 0.6 is 11.8 Å². The molecule has 2 aliphatic rings. The molecule has 2 atom stereocenters. The number of morpholine rings is 1. The van der Waals surface area contributed by atoms with Crippen LogP contribution in [0.3, 0.4) is 0 Å². The van der Waals surface area contributed by atoms with Crippen LogP contribution in [-0.4, -0.2) is 55.0 Å². The number of ether oxygens (including phenoxy) is 3. The number of nitrogens with zero attached hydrogens (tertiary/aromatic N) is 2. The Labute approximate surface area is 170 Å². The lowest BCUT2D eigenvalue weighted by Crippen LogP contribution is -2.47. The van der Waals surface area contributed by atoms with Crippen LogP contribution in [0.25, 0.3) is 6.08 Å². The second-order valence-corrected chi connectivity index (χ2v) is 8.09. The molecule has 1 aromatic carbocycles. The minimum absolute atomic E-state index is 0.125. The van der Waals surface area contributed by atoms with Crippen LogP contribution in [-0.2, 0) is 9.53 Å². The lowest BCUT2D eigenvalue weighted by molar-refractivity contribution is -0.113. The third-order valence-corrected chi connectivity index (χ3v) is 5.58. The number of carbonyl (C=O) groups excluding carboxylic acids is 1. The number of unbranched alkanes of at least 4 members (excludes halogenated alkanes) is 1. The maximum absolute atomic E-state index is 12.4. The van der Waals surface area contributed by atoms with Gasteiger partial charge in [-0.1, -0.05) is 19.4 Å². The minimum atomic E-state index is -0.200. The van der Waals surface area contributed by atoms with Crippen LogP contribution in [0.1, 0.15) is 39.2 Å². The Hall–Kier alpha value is -1.99. The summed E-state index contributed by atoms with van der Waals surface area (Å²) >= 11 is 1.42. The van der Waals surface area contributed by atoms with Gasteiger partial charge in [0.15, 0.2) is 16.7 Å². The molecule has 3 rings (SSSR count). The Morgan fingerprint density at radius 2 is 2.04 bits per heavy atom. The summed E-state index contributed by atoms with van der Waals surface area (Å²) in [6.07, 6.45) is 4.18. The monoisotopic (exact) mass is 404 g/mol. The molecule has 6 nitrogen and oxygen atoms in total. The third-order valence-electron chi connectivity index (χ3n) is 4.54. The predicted octanol–water partition coefficient (Wildman–Crippen LogP) is 3.95. The number of benzene rings is 1. The van der Waals surface area contributed by atoms with Gasteiger partial charge < -0.3 is 19.1 Å². The molecule has 0 spiro atoms. The molecule has 1 aromatic rings. The van der Waals surface area contributed by atoms with Gasteiger partial charge in [-0.2, -0.15) is 4.99 Å². The number of aliphatic imine (C=N–C) groups is 1. The average molecular weight is 405 g/mol. The highest BCUT2D eigenvalue weighted by atomic mass is 32.2. The van der Waals surface area contributed by atoms with Crippen LogP contribution in [0.5, 0.6) is 11.5 Å². The van der Waals surface area contributed by atoms with E-state index in [1.807, 2.05) is 38.1 Å². The zero-order chi connectivity index (χ0) is 20.1. The minimum Gasteiger partial charge on any atom is -0.493 e. The highest BCUT2D eigenvalue weighted by Crippen LogP contribution is 2.34. The number of carbonyl (C=O) groups is 1. The molecular weight excluding hydrogens is 376 g/mol. The van der Waals surface area contributed by atoms with Gasteiger partial charge in [-0.25, -0.2) is 0 Å². The van der Waals surface area contributed by atoms with Crippen molar-refractivity contribution in [2.75, 3.05) is 26.8 Å². The van der Waals surface area contributed by atoms with E-state index in [1.165, 1.54) is 11.8 Å². The molecule has 0 aliphatic carbocycles. The van der Waals surface area contributed by atoms with Crippen LogP contribution in [0.4, 0.5) is 0 Å². The van der Waals surface area contributed by atoms with E-state index in [0.29, 0.717) is 17.3 Å². The van der Waals surface area contributed by atoms with E-state index in [1.54, 1.807) is 7.11 Å². The summed E-state index contributed by atoms with van der Waals surface area (Å²) < 4.78 is 17.0. The lowest BCUT2D eigenvalue weighted by Gasteiger charge is -2.35. The van der Waals surface area contributed by atoms with Crippen molar-refractivity contribution in [3.8, 4) is 11.5 Å². The second kappa shape index (κ2) is 9.47. The fourth-order valence-corrected chi connectivity index (χ4v) is 4.17. The molecule has 1 saturated heterocycles. The van der Waals surface area contributed by atoms with E-state index in [2.05, 4.69) is 16.8 Å². The van der Waals surface area contributed by atoms with E-state index in [0.717, 1.165) is 42.4 Å². The molecule has 0 radical (unpaired) electrons. The largest absolute Gasteiger partial charge is 0.493 e. The first-order valence-corrected chi connectivity index (χ1v) is 10.6. The van der Waals surface area contributed by atoms with Gasteiger partial charge in [0.1, 0.15) is 0 Å². The standard InChI is InChI=1S/C21H28N2O4S/c1-5-6-9-26-17-8-7-16(10-18(17)25-4)11-19-20(24)22-21(28-19)23-12-14(2)27-15(3)13-23/h7-8,10-11,14-15H,5-6,9,12-13H2,1-4H3/b19-11-/t14-,15-/m0/s1. The number of amides is 1. The molecule has 1 amide bonds. The SMILES string of the molecule is CCCCOc1ccc(/C=C2\SC(N3C[C@H](C)O[C@@H](C)C3)=NC2=O)cc1OC. The Kier molecular flexibility index (Phi) is 7.02. The smallest absolute Gasteiger partial charge is 0.286 e. The Morgan fingerprint density at radius 3 is 2.71 bits per heavy atom. The van der Waals surface area contributed by atoms with Crippen molar-refractivity contribution in [3.05, 3.63) is 28.7 Å². The fourth-order valence-electron chi connectivity index (χ4n) is 3.24. The molecule has 152 valence electrons. The van der Waals surface area contributed by atoms with Crippen molar-refractivity contribution in [2.24, 2.45) is 4.99 Å². The predicted molar refractivity (Wildman–Crippen MR) is 113 cm³/mol. The molecule has 2 aliphatic heterocycles. The molecular formula is C21H28N2O4S. The maximum Gasteiger partial charge on any atom is 0.286 e. The summed E-state index contributed by atoms with van der Waals surface area (Å²) in [5.74, 6) is 1.18. The molecule has 28 heavy (non-hydrogen) atoms. The Bertz CT molecular complexity index is 768. The summed E-state index contributed by atoms with van der Waals surface area (Å²) in [7, 11) is 1.62. The highest BCUT2D eigenvalue weighted by molar-refractivity contribution is 8.18. The maximum atomic E-state index is 12.4. The Balaban J connectivity index is 1.71. The van der Waals surface area contributed by atoms with E-state index >= 15 is 0 Å². The topological polar surface area (TPSA) is 60.4 Å². The number of hydrogen-bond donors (Lipinski definition) is 0. The number of rotatable bonds is 6. The van der Waals surface area contributed by atoms with Gasteiger partial charge in [0.25, 0.3) is 5.91 Å². The normalized spacial score (nSPS) is 23.9. The van der Waals surface area contributed by atoms with Crippen molar-refractivity contribution < 1.29 is 19.0 Å². The van der Waals surface area contributed by atoms with Gasteiger partial charge in [-0.3, -0.25) is 4.79 Å². The average Bonchev–Trinajstić information content (AvgIpc) is 3.02. The Morgan fingerprint density at radius 1 is 1.29 bits per heavy atom. The number of thioether (sulfide) groups is 1. The second-order valence-electron chi connectivity index (χ2n) is 7.08. The van der Waals surface area contributed by atoms with Gasteiger partial charge in [0.2, 0.25) is 0 Å². The quantitative estimate of drug-likeness (QED) is 0.528. The first-order chi connectivity index (χ1) is 13.5.